The summed E-state index contributed by atoms with van der Waals surface area (Å²) in [5.74, 6) is 1.20. The van der Waals surface area contributed by atoms with E-state index in [2.05, 4.69) is 0 Å². The highest BCUT2D eigenvalue weighted by molar-refractivity contribution is 5.96. The Morgan fingerprint density at radius 2 is 1.39 bits per heavy atom. The average molecular weight is 388 g/mol. The molecule has 0 aromatic heterocycles. The van der Waals surface area contributed by atoms with Crippen LogP contribution in [0.5, 0.6) is 11.5 Å². The normalized spacial score (nSPS) is 11.0. The van der Waals surface area contributed by atoms with Crippen molar-refractivity contribution in [1.82, 2.24) is 0 Å². The Hall–Kier alpha value is -2.76. The van der Waals surface area contributed by atoms with Crippen LogP contribution < -0.4 is 9.47 Å². The van der Waals surface area contributed by atoms with E-state index in [4.69, 9.17) is 18.9 Å². The van der Waals surface area contributed by atoms with E-state index in [1.165, 1.54) is 0 Å². The molecule has 28 heavy (non-hydrogen) atoms. The number of carbonyl (C=O) groups excluding carboxylic acids is 2. The van der Waals surface area contributed by atoms with Crippen molar-refractivity contribution in [2.24, 2.45) is 11.8 Å². The molecule has 0 aliphatic rings. The number of hydrogen-bond acceptors (Lipinski definition) is 6. The summed E-state index contributed by atoms with van der Waals surface area (Å²) in [5.41, 5.74) is 0.729. The largest absolute Gasteiger partial charge is 0.513 e. The number of fused-ring (bicyclic) bond motifs is 1. The Morgan fingerprint density at radius 1 is 0.857 bits per heavy atom. The maximum absolute atomic E-state index is 12.1. The van der Waals surface area contributed by atoms with Gasteiger partial charge in [0.2, 0.25) is 0 Å². The molecule has 152 valence electrons. The zero-order chi connectivity index (χ0) is 20.7. The Balaban J connectivity index is 2.34. The van der Waals surface area contributed by atoms with Crippen LogP contribution in [-0.4, -0.2) is 25.5 Å². The highest BCUT2D eigenvalue weighted by atomic mass is 16.7. The third kappa shape index (κ3) is 5.87. The minimum Gasteiger partial charge on any atom is -0.434 e. The van der Waals surface area contributed by atoms with Crippen molar-refractivity contribution >= 4 is 23.1 Å². The topological polar surface area (TPSA) is 71.1 Å². The molecular weight excluding hydrogens is 360 g/mol. The standard InChI is InChI=1S/C22H28O6/c1-6-16-11-19(27-21(23)25-12-14(2)3)17-9-7-8-10-18(17)20(16)28-22(24)26-13-15(4)5/h7-11,14-15H,6,12-13H2,1-5H3. The highest BCUT2D eigenvalue weighted by Crippen LogP contribution is 2.37. The minimum atomic E-state index is -0.758. The summed E-state index contributed by atoms with van der Waals surface area (Å²) < 4.78 is 21.2. The molecule has 0 N–H and O–H groups in total. The predicted octanol–water partition coefficient (Wildman–Crippen LogP) is 5.75. The predicted molar refractivity (Wildman–Crippen MR) is 107 cm³/mol. The molecule has 0 spiro atoms. The third-order valence-corrected chi connectivity index (χ3v) is 3.86. The maximum atomic E-state index is 12.1. The van der Waals surface area contributed by atoms with E-state index in [1.54, 1.807) is 12.1 Å². The molecule has 0 atom stereocenters. The van der Waals surface area contributed by atoms with Gasteiger partial charge < -0.3 is 18.9 Å². The van der Waals surface area contributed by atoms with Crippen molar-refractivity contribution in [2.75, 3.05) is 13.2 Å². The van der Waals surface area contributed by atoms with Gasteiger partial charge in [0.15, 0.2) is 0 Å². The van der Waals surface area contributed by atoms with Gasteiger partial charge in [0.1, 0.15) is 11.5 Å². The molecule has 0 saturated carbocycles. The number of rotatable bonds is 7. The van der Waals surface area contributed by atoms with Crippen LogP contribution in [0.25, 0.3) is 10.8 Å². The minimum absolute atomic E-state index is 0.211. The zero-order valence-electron chi connectivity index (χ0n) is 17.1. The monoisotopic (exact) mass is 388 g/mol. The van der Waals surface area contributed by atoms with E-state index in [1.807, 2.05) is 52.8 Å². The van der Waals surface area contributed by atoms with Gasteiger partial charge in [-0.3, -0.25) is 0 Å². The van der Waals surface area contributed by atoms with E-state index in [-0.39, 0.29) is 25.0 Å². The van der Waals surface area contributed by atoms with Crippen LogP contribution in [0.2, 0.25) is 0 Å². The molecule has 6 heteroatoms. The second-order valence-electron chi connectivity index (χ2n) is 7.38. The average Bonchev–Trinajstić information content (AvgIpc) is 2.66. The molecule has 0 aliphatic heterocycles. The van der Waals surface area contributed by atoms with Gasteiger partial charge in [0.05, 0.1) is 13.2 Å². The molecule has 2 aromatic rings. The summed E-state index contributed by atoms with van der Waals surface area (Å²) in [6.45, 7) is 10.3. The first-order valence-electron chi connectivity index (χ1n) is 9.55. The number of ether oxygens (including phenoxy) is 4. The smallest absolute Gasteiger partial charge is 0.434 e. The van der Waals surface area contributed by atoms with Gasteiger partial charge >= 0.3 is 12.3 Å². The molecule has 0 saturated heterocycles. The quantitative estimate of drug-likeness (QED) is 0.444. The Kier molecular flexibility index (Phi) is 7.67. The Morgan fingerprint density at radius 3 is 1.93 bits per heavy atom. The van der Waals surface area contributed by atoms with Crippen molar-refractivity contribution in [3.63, 3.8) is 0 Å². The fraction of sp³-hybridized carbons (Fsp3) is 0.455. The van der Waals surface area contributed by atoms with Gasteiger partial charge in [-0.2, -0.15) is 0 Å². The van der Waals surface area contributed by atoms with Gasteiger partial charge in [-0.05, 0) is 29.9 Å². The molecule has 0 aliphatic carbocycles. The number of carbonyl (C=O) groups is 2. The Bertz CT molecular complexity index is 825. The van der Waals surface area contributed by atoms with Gasteiger partial charge in [0.25, 0.3) is 0 Å². The summed E-state index contributed by atoms with van der Waals surface area (Å²) >= 11 is 0. The van der Waals surface area contributed by atoms with E-state index >= 15 is 0 Å². The molecule has 6 nitrogen and oxygen atoms in total. The summed E-state index contributed by atoms with van der Waals surface area (Å²) in [6, 6.07) is 8.96. The first kappa shape index (κ1) is 21.5. The lowest BCUT2D eigenvalue weighted by Crippen LogP contribution is -2.16. The van der Waals surface area contributed by atoms with Crippen LogP contribution >= 0.6 is 0 Å². The van der Waals surface area contributed by atoms with E-state index in [9.17, 15) is 9.59 Å². The van der Waals surface area contributed by atoms with Crippen LogP contribution in [-0.2, 0) is 15.9 Å². The van der Waals surface area contributed by atoms with E-state index in [0.29, 0.717) is 28.7 Å². The van der Waals surface area contributed by atoms with Crippen LogP contribution in [0.15, 0.2) is 30.3 Å². The van der Waals surface area contributed by atoms with Crippen molar-refractivity contribution in [3.05, 3.63) is 35.9 Å². The fourth-order valence-corrected chi connectivity index (χ4v) is 2.54. The molecular formula is C22H28O6. The van der Waals surface area contributed by atoms with Crippen LogP contribution in [0.3, 0.4) is 0 Å². The molecule has 2 aromatic carbocycles. The van der Waals surface area contributed by atoms with Gasteiger partial charge in [-0.25, -0.2) is 9.59 Å². The summed E-state index contributed by atoms with van der Waals surface area (Å²) in [6.07, 6.45) is -0.931. The fourth-order valence-electron chi connectivity index (χ4n) is 2.54. The number of benzene rings is 2. The molecule has 0 heterocycles. The van der Waals surface area contributed by atoms with Crippen LogP contribution in [0.1, 0.15) is 40.2 Å². The lowest BCUT2D eigenvalue weighted by Gasteiger charge is -2.16. The zero-order valence-corrected chi connectivity index (χ0v) is 17.1. The molecule has 0 fully saturated rings. The molecule has 2 rings (SSSR count). The van der Waals surface area contributed by atoms with Crippen LogP contribution in [0, 0.1) is 11.8 Å². The first-order valence-corrected chi connectivity index (χ1v) is 9.55. The van der Waals surface area contributed by atoms with Crippen LogP contribution in [0.4, 0.5) is 9.59 Å². The third-order valence-electron chi connectivity index (χ3n) is 3.86. The van der Waals surface area contributed by atoms with Gasteiger partial charge in [-0.1, -0.05) is 58.9 Å². The highest BCUT2D eigenvalue weighted by Gasteiger charge is 2.19. The van der Waals surface area contributed by atoms with Crippen molar-refractivity contribution in [3.8, 4) is 11.5 Å². The van der Waals surface area contributed by atoms with E-state index in [0.717, 1.165) is 5.56 Å². The Labute approximate surface area is 165 Å². The second-order valence-corrected chi connectivity index (χ2v) is 7.38. The summed E-state index contributed by atoms with van der Waals surface area (Å²) in [4.78, 5) is 24.1. The van der Waals surface area contributed by atoms with Crippen molar-refractivity contribution < 1.29 is 28.5 Å². The lowest BCUT2D eigenvalue weighted by molar-refractivity contribution is 0.0870. The maximum Gasteiger partial charge on any atom is 0.513 e. The SMILES string of the molecule is CCc1cc(OC(=O)OCC(C)C)c2ccccc2c1OC(=O)OCC(C)C. The van der Waals surface area contributed by atoms with Crippen molar-refractivity contribution in [1.29, 1.82) is 0 Å². The molecule has 0 bridgehead atoms. The lowest BCUT2D eigenvalue weighted by atomic mass is 10.0. The molecule has 0 radical (unpaired) electrons. The summed E-state index contributed by atoms with van der Waals surface area (Å²) in [5, 5.41) is 1.31. The van der Waals surface area contributed by atoms with Gasteiger partial charge in [-0.15, -0.1) is 0 Å². The number of aryl methyl sites for hydroxylation is 1. The van der Waals surface area contributed by atoms with E-state index < -0.39 is 12.3 Å². The van der Waals surface area contributed by atoms with Gasteiger partial charge in [0, 0.05) is 10.8 Å². The second kappa shape index (κ2) is 9.97. The van der Waals surface area contributed by atoms with Crippen molar-refractivity contribution in [2.45, 2.75) is 41.0 Å². The molecule has 0 unspecified atom stereocenters. The summed E-state index contributed by atoms with van der Waals surface area (Å²) in [7, 11) is 0. The number of hydrogen-bond donors (Lipinski definition) is 0. The first-order chi connectivity index (χ1) is 13.3. The molecule has 0 amide bonds.